The molecule has 2 aromatic rings. The Morgan fingerprint density at radius 1 is 1.23 bits per heavy atom. The van der Waals surface area contributed by atoms with Crippen molar-refractivity contribution in [3.63, 3.8) is 0 Å². The highest BCUT2D eigenvalue weighted by atomic mass is 16.5. The first-order chi connectivity index (χ1) is 10.3. The molecule has 5 nitrogen and oxygen atoms in total. The maximum absolute atomic E-state index is 12.0. The van der Waals surface area contributed by atoms with E-state index in [2.05, 4.69) is 6.58 Å². The summed E-state index contributed by atoms with van der Waals surface area (Å²) in [7, 11) is 3.17. The number of oxazole rings is 1. The summed E-state index contributed by atoms with van der Waals surface area (Å²) in [5.41, 5.74) is 0.805. The summed E-state index contributed by atoms with van der Waals surface area (Å²) in [5, 5.41) is 0.537. The second kappa shape index (κ2) is 5.75. The van der Waals surface area contributed by atoms with E-state index in [1.165, 1.54) is 4.57 Å². The van der Waals surface area contributed by atoms with Gasteiger partial charge in [-0.05, 0) is 39.0 Å². The van der Waals surface area contributed by atoms with Crippen LogP contribution in [0.2, 0.25) is 0 Å². The molecule has 1 aromatic heterocycles. The predicted octanol–water partition coefficient (Wildman–Crippen LogP) is 1.45. The van der Waals surface area contributed by atoms with Gasteiger partial charge < -0.3 is 13.9 Å². The van der Waals surface area contributed by atoms with E-state index in [1.54, 1.807) is 26.4 Å². The Hall–Kier alpha value is -2.43. The lowest BCUT2D eigenvalue weighted by Gasteiger charge is -2.18. The Morgan fingerprint density at radius 3 is 2.41 bits per heavy atom. The average Bonchev–Trinajstić information content (AvgIpc) is 2.73. The van der Waals surface area contributed by atoms with Crippen LogP contribution in [0.3, 0.4) is 0 Å². The highest BCUT2D eigenvalue weighted by Crippen LogP contribution is 2.24. The van der Waals surface area contributed by atoms with Crippen LogP contribution in [0.15, 0.2) is 27.4 Å². The number of methoxy groups -OCH3 is 2. The van der Waals surface area contributed by atoms with E-state index >= 15 is 0 Å². The van der Waals surface area contributed by atoms with Crippen LogP contribution in [-0.4, -0.2) is 18.8 Å². The van der Waals surface area contributed by atoms with Crippen molar-refractivity contribution in [3.8, 4) is 11.5 Å². The van der Waals surface area contributed by atoms with Gasteiger partial charge in [-0.2, -0.15) is 0 Å². The van der Waals surface area contributed by atoms with Gasteiger partial charge in [-0.3, -0.25) is 4.57 Å². The Labute approximate surface area is 129 Å². The Bertz CT molecular complexity index is 837. The molecule has 0 fully saturated rings. The van der Waals surface area contributed by atoms with Crippen molar-refractivity contribution in [2.24, 2.45) is 0 Å². The molecule has 0 aliphatic heterocycles. The van der Waals surface area contributed by atoms with Crippen molar-refractivity contribution < 1.29 is 13.9 Å². The Morgan fingerprint density at radius 2 is 1.91 bits per heavy atom. The van der Waals surface area contributed by atoms with Crippen molar-refractivity contribution in [3.05, 3.63) is 45.1 Å². The van der Waals surface area contributed by atoms with Gasteiger partial charge in [-0.15, -0.1) is 0 Å². The third-order valence-electron chi connectivity index (χ3n) is 3.33. The monoisotopic (exact) mass is 303 g/mol. The maximum Gasteiger partial charge on any atom is 0.420 e. The molecule has 22 heavy (non-hydrogen) atoms. The SMILES string of the molecule is C=c1/c(=C\c2ccc(OC)cc2OC)oc(=O)n1C(C)(C)C. The van der Waals surface area contributed by atoms with Gasteiger partial charge in [0.15, 0.2) is 5.42 Å². The number of nitrogens with zero attached hydrogens (tertiary/aromatic N) is 1. The molecule has 0 bridgehead atoms. The number of rotatable bonds is 3. The number of benzene rings is 1. The van der Waals surface area contributed by atoms with E-state index in [1.807, 2.05) is 32.9 Å². The van der Waals surface area contributed by atoms with Crippen LogP contribution >= 0.6 is 0 Å². The number of aromatic nitrogens is 1. The molecule has 0 amide bonds. The molecule has 0 radical (unpaired) electrons. The molecular weight excluding hydrogens is 282 g/mol. The molecule has 1 heterocycles. The molecule has 0 saturated heterocycles. The van der Waals surface area contributed by atoms with E-state index in [0.717, 1.165) is 5.56 Å². The highest BCUT2D eigenvalue weighted by Gasteiger charge is 2.18. The molecule has 0 aliphatic carbocycles. The summed E-state index contributed by atoms with van der Waals surface area (Å²) in [6.45, 7) is 9.75. The summed E-state index contributed by atoms with van der Waals surface area (Å²) < 4.78 is 17.4. The van der Waals surface area contributed by atoms with E-state index in [0.29, 0.717) is 22.3 Å². The fourth-order valence-electron chi connectivity index (χ4n) is 2.29. The predicted molar refractivity (Wildman–Crippen MR) is 85.8 cm³/mol. The number of hydrogen-bond acceptors (Lipinski definition) is 4. The minimum atomic E-state index is -0.420. The zero-order valence-corrected chi connectivity index (χ0v) is 13.6. The second-order valence-corrected chi connectivity index (χ2v) is 5.94. The smallest absolute Gasteiger partial charge is 0.420 e. The van der Waals surface area contributed by atoms with Crippen molar-refractivity contribution in [2.75, 3.05) is 14.2 Å². The molecule has 5 heteroatoms. The van der Waals surface area contributed by atoms with Crippen LogP contribution in [0.1, 0.15) is 26.3 Å². The molecule has 0 atom stereocenters. The molecular formula is C17H21NO4. The fraction of sp³-hybridized carbons (Fsp3) is 0.353. The van der Waals surface area contributed by atoms with E-state index in [-0.39, 0.29) is 0 Å². The first-order valence-corrected chi connectivity index (χ1v) is 6.93. The molecule has 0 spiro atoms. The lowest BCUT2D eigenvalue weighted by molar-refractivity contribution is 0.345. The quantitative estimate of drug-likeness (QED) is 0.861. The molecule has 1 aromatic carbocycles. The molecule has 2 rings (SSSR count). The van der Waals surface area contributed by atoms with E-state index < -0.39 is 11.3 Å². The molecule has 118 valence electrons. The Kier molecular flexibility index (Phi) is 4.17. The largest absolute Gasteiger partial charge is 0.497 e. The van der Waals surface area contributed by atoms with Gasteiger partial charge in [0.25, 0.3) is 0 Å². The summed E-state index contributed by atoms with van der Waals surface area (Å²) in [6, 6.07) is 5.43. The van der Waals surface area contributed by atoms with Crippen LogP contribution < -0.4 is 26.0 Å². The van der Waals surface area contributed by atoms with Crippen molar-refractivity contribution in [1.82, 2.24) is 4.57 Å². The van der Waals surface area contributed by atoms with Gasteiger partial charge in [0, 0.05) is 17.2 Å². The molecule has 0 unspecified atom stereocenters. The summed E-state index contributed by atoms with van der Waals surface area (Å²) >= 11 is 0. The second-order valence-electron chi connectivity index (χ2n) is 5.94. The van der Waals surface area contributed by atoms with Gasteiger partial charge in [0.05, 0.1) is 19.6 Å². The maximum atomic E-state index is 12.0. The van der Waals surface area contributed by atoms with Gasteiger partial charge >= 0.3 is 5.76 Å². The fourth-order valence-corrected chi connectivity index (χ4v) is 2.29. The zero-order chi connectivity index (χ0) is 16.5. The van der Waals surface area contributed by atoms with Crippen LogP contribution in [0, 0.1) is 0 Å². The Balaban J connectivity index is 2.66. The van der Waals surface area contributed by atoms with Crippen LogP contribution in [0.4, 0.5) is 0 Å². The van der Waals surface area contributed by atoms with Gasteiger partial charge in [0.1, 0.15) is 11.5 Å². The van der Waals surface area contributed by atoms with E-state index in [4.69, 9.17) is 13.9 Å². The van der Waals surface area contributed by atoms with Gasteiger partial charge in [0.2, 0.25) is 0 Å². The summed E-state index contributed by atoms with van der Waals surface area (Å²) in [5.74, 6) is 0.902. The first kappa shape index (κ1) is 15.9. The van der Waals surface area contributed by atoms with Crippen molar-refractivity contribution in [1.29, 1.82) is 0 Å². The number of hydrogen-bond donors (Lipinski definition) is 0. The zero-order valence-electron chi connectivity index (χ0n) is 13.6. The van der Waals surface area contributed by atoms with Crippen LogP contribution in [0.25, 0.3) is 12.7 Å². The minimum absolute atomic E-state index is 0.395. The standard InChI is InChI=1S/C17H21NO4/c1-11-14(22-16(19)18(11)17(2,3)4)9-12-7-8-13(20-5)10-15(12)21-6/h7-10H,1H2,2-6H3/b14-9+. The third kappa shape index (κ3) is 2.93. The van der Waals surface area contributed by atoms with E-state index in [9.17, 15) is 4.79 Å². The van der Waals surface area contributed by atoms with Gasteiger partial charge in [-0.1, -0.05) is 6.58 Å². The van der Waals surface area contributed by atoms with Crippen molar-refractivity contribution >= 4 is 12.7 Å². The average molecular weight is 303 g/mol. The lowest BCUT2D eigenvalue weighted by atomic mass is 10.1. The van der Waals surface area contributed by atoms with Crippen molar-refractivity contribution in [2.45, 2.75) is 26.3 Å². The molecule has 0 aliphatic rings. The topological polar surface area (TPSA) is 53.6 Å². The number of ether oxygens (including phenoxy) is 2. The molecule has 0 saturated carbocycles. The van der Waals surface area contributed by atoms with Gasteiger partial charge in [-0.25, -0.2) is 4.79 Å². The summed E-state index contributed by atoms with van der Waals surface area (Å²) in [4.78, 5) is 12.0. The normalized spacial score (nSPS) is 12.5. The summed E-state index contributed by atoms with van der Waals surface area (Å²) in [6.07, 6.45) is 1.74. The van der Waals surface area contributed by atoms with Crippen LogP contribution in [0.5, 0.6) is 11.5 Å². The highest BCUT2D eigenvalue weighted by molar-refractivity contribution is 5.58. The third-order valence-corrected chi connectivity index (χ3v) is 3.33. The minimum Gasteiger partial charge on any atom is -0.497 e. The van der Waals surface area contributed by atoms with Crippen LogP contribution in [-0.2, 0) is 5.54 Å². The molecule has 0 N–H and O–H groups in total. The lowest BCUT2D eigenvalue weighted by Crippen LogP contribution is -2.41. The first-order valence-electron chi connectivity index (χ1n) is 6.93.